The summed E-state index contributed by atoms with van der Waals surface area (Å²) >= 11 is 6.26. The molecule has 0 aliphatic heterocycles. The van der Waals surface area contributed by atoms with E-state index in [1.165, 1.54) is 93.9 Å². The molecule has 0 unspecified atom stereocenters. The summed E-state index contributed by atoms with van der Waals surface area (Å²) in [6, 6.07) is 12.9. The number of anilines is 1. The van der Waals surface area contributed by atoms with E-state index < -0.39 is 40.2 Å². The Morgan fingerprint density at radius 2 is 1.55 bits per heavy atom. The van der Waals surface area contributed by atoms with Crippen LogP contribution in [-0.2, 0) is 26.2 Å². The summed E-state index contributed by atoms with van der Waals surface area (Å²) in [6.45, 7) is 0.924. The number of methoxy groups -OCH3 is 3. The van der Waals surface area contributed by atoms with Crippen LogP contribution >= 0.6 is 11.6 Å². The minimum absolute atomic E-state index is 0.00265. The van der Waals surface area contributed by atoms with Crippen LogP contribution in [0.15, 0.2) is 65.6 Å². The lowest BCUT2D eigenvalue weighted by atomic mass is 10.1. The number of likely N-dealkylation sites (N-methyl/N-ethyl adjacent to an activating group) is 1. The van der Waals surface area contributed by atoms with E-state index in [-0.39, 0.29) is 40.1 Å². The lowest BCUT2D eigenvalue weighted by Crippen LogP contribution is -2.51. The van der Waals surface area contributed by atoms with Crippen molar-refractivity contribution in [3.63, 3.8) is 0 Å². The van der Waals surface area contributed by atoms with Gasteiger partial charge in [-0.2, -0.15) is 0 Å². The highest BCUT2D eigenvalue weighted by molar-refractivity contribution is 7.92. The molecule has 13 heteroatoms. The van der Waals surface area contributed by atoms with Crippen LogP contribution in [0.1, 0.15) is 18.9 Å². The van der Waals surface area contributed by atoms with Gasteiger partial charge in [-0.3, -0.25) is 13.9 Å². The lowest BCUT2D eigenvalue weighted by molar-refractivity contribution is -0.140. The number of amides is 2. The highest BCUT2D eigenvalue weighted by Crippen LogP contribution is 2.37. The Morgan fingerprint density at radius 3 is 2.12 bits per heavy atom. The molecule has 0 heterocycles. The first kappa shape index (κ1) is 32.5. The zero-order valence-corrected chi connectivity index (χ0v) is 25.5. The zero-order valence-electron chi connectivity index (χ0n) is 23.9. The number of ether oxygens (including phenoxy) is 3. The molecule has 0 saturated carbocycles. The number of carbonyl (C=O) groups is 2. The minimum Gasteiger partial charge on any atom is -0.495 e. The van der Waals surface area contributed by atoms with Crippen molar-refractivity contribution < 1.29 is 36.6 Å². The maximum atomic E-state index is 14.2. The quantitative estimate of drug-likeness (QED) is 0.303. The molecule has 0 radical (unpaired) electrons. The molecule has 226 valence electrons. The average molecular weight is 622 g/mol. The van der Waals surface area contributed by atoms with E-state index in [2.05, 4.69) is 5.32 Å². The fourth-order valence-electron chi connectivity index (χ4n) is 4.35. The van der Waals surface area contributed by atoms with Crippen LogP contribution in [0.25, 0.3) is 0 Å². The highest BCUT2D eigenvalue weighted by atomic mass is 35.5. The Morgan fingerprint density at radius 1 is 0.929 bits per heavy atom. The van der Waals surface area contributed by atoms with E-state index in [1.807, 2.05) is 0 Å². The van der Waals surface area contributed by atoms with Crippen molar-refractivity contribution in [1.82, 2.24) is 10.2 Å². The summed E-state index contributed by atoms with van der Waals surface area (Å²) in [5.74, 6) is -0.994. The van der Waals surface area contributed by atoms with E-state index in [9.17, 15) is 22.4 Å². The highest BCUT2D eigenvalue weighted by Gasteiger charge is 2.35. The molecule has 3 aromatic rings. The van der Waals surface area contributed by atoms with E-state index in [0.717, 1.165) is 4.31 Å². The van der Waals surface area contributed by atoms with Gasteiger partial charge in [0.15, 0.2) is 11.5 Å². The maximum Gasteiger partial charge on any atom is 0.265 e. The number of hydrogen-bond acceptors (Lipinski definition) is 7. The van der Waals surface area contributed by atoms with Gasteiger partial charge in [0.1, 0.15) is 24.2 Å². The first-order valence-corrected chi connectivity index (χ1v) is 14.7. The largest absolute Gasteiger partial charge is 0.495 e. The molecule has 42 heavy (non-hydrogen) atoms. The van der Waals surface area contributed by atoms with Gasteiger partial charge in [-0.25, -0.2) is 12.8 Å². The van der Waals surface area contributed by atoms with Gasteiger partial charge in [0.25, 0.3) is 10.0 Å². The van der Waals surface area contributed by atoms with Crippen LogP contribution in [0.4, 0.5) is 10.1 Å². The number of sulfonamides is 1. The van der Waals surface area contributed by atoms with Gasteiger partial charge < -0.3 is 24.4 Å². The SMILES string of the molecule is CC[C@@H](C(=O)NC)N(Cc1ccc(F)cc1)C(=O)CN(c1cc(Cl)ccc1OC)S(=O)(=O)c1ccc(OC)c(OC)c1. The summed E-state index contributed by atoms with van der Waals surface area (Å²) in [4.78, 5) is 27.9. The van der Waals surface area contributed by atoms with Gasteiger partial charge in [-0.15, -0.1) is 0 Å². The van der Waals surface area contributed by atoms with Crippen molar-refractivity contribution in [1.29, 1.82) is 0 Å². The van der Waals surface area contributed by atoms with E-state index in [0.29, 0.717) is 11.3 Å². The van der Waals surface area contributed by atoms with E-state index in [1.54, 1.807) is 6.92 Å². The van der Waals surface area contributed by atoms with E-state index >= 15 is 0 Å². The first-order valence-electron chi connectivity index (χ1n) is 12.8. The minimum atomic E-state index is -4.46. The van der Waals surface area contributed by atoms with Crippen LogP contribution in [-0.4, -0.2) is 66.1 Å². The first-order chi connectivity index (χ1) is 20.0. The van der Waals surface area contributed by atoms with Crippen LogP contribution in [0, 0.1) is 5.82 Å². The van der Waals surface area contributed by atoms with Gasteiger partial charge in [-0.1, -0.05) is 30.7 Å². The summed E-state index contributed by atoms with van der Waals surface area (Å²) in [7, 11) is 1.12. The molecule has 0 bridgehead atoms. The monoisotopic (exact) mass is 621 g/mol. The standard InChI is InChI=1S/C29H33ClFN3O7S/c1-6-23(29(36)32-2)33(17-19-7-10-21(31)11-8-19)28(35)18-34(24-15-20(30)9-13-25(24)39-3)42(37,38)22-12-14-26(40-4)27(16-22)41-5/h7-16,23H,6,17-18H2,1-5H3,(H,32,36)/t23-/m0/s1. The molecule has 1 atom stereocenters. The number of rotatable bonds is 13. The van der Waals surface area contributed by atoms with Crippen LogP contribution in [0.5, 0.6) is 17.2 Å². The lowest BCUT2D eigenvalue weighted by Gasteiger charge is -2.33. The second kappa shape index (κ2) is 14.2. The zero-order chi connectivity index (χ0) is 31.0. The number of hydrogen-bond donors (Lipinski definition) is 1. The van der Waals surface area contributed by atoms with Crippen molar-refractivity contribution in [2.24, 2.45) is 0 Å². The second-order valence-electron chi connectivity index (χ2n) is 9.03. The van der Waals surface area contributed by atoms with Crippen LogP contribution in [0.2, 0.25) is 5.02 Å². The summed E-state index contributed by atoms with van der Waals surface area (Å²) in [6.07, 6.45) is 0.232. The molecule has 0 fully saturated rings. The van der Waals surface area contributed by atoms with Crippen molar-refractivity contribution in [2.45, 2.75) is 30.8 Å². The Bertz CT molecular complexity index is 1520. The van der Waals surface area contributed by atoms with Crippen molar-refractivity contribution >= 4 is 39.1 Å². The smallest absolute Gasteiger partial charge is 0.265 e. The molecule has 10 nitrogen and oxygen atoms in total. The fraction of sp³-hybridized carbons (Fsp3) is 0.310. The predicted molar refractivity (Wildman–Crippen MR) is 157 cm³/mol. The number of nitrogens with zero attached hydrogens (tertiary/aromatic N) is 2. The van der Waals surface area contributed by atoms with Crippen LogP contribution in [0.3, 0.4) is 0 Å². The van der Waals surface area contributed by atoms with E-state index in [4.69, 9.17) is 25.8 Å². The van der Waals surface area contributed by atoms with Crippen molar-refractivity contribution in [2.75, 3.05) is 39.2 Å². The molecule has 1 N–H and O–H groups in total. The van der Waals surface area contributed by atoms with Gasteiger partial charge in [0.05, 0.1) is 31.9 Å². The van der Waals surface area contributed by atoms with Gasteiger partial charge >= 0.3 is 0 Å². The third-order valence-corrected chi connectivity index (χ3v) is 8.52. The van der Waals surface area contributed by atoms with Gasteiger partial charge in [0, 0.05) is 24.7 Å². The summed E-state index contributed by atoms with van der Waals surface area (Å²) in [5, 5.41) is 2.75. The molecule has 0 aliphatic rings. The van der Waals surface area contributed by atoms with Gasteiger partial charge in [-0.05, 0) is 54.4 Å². The third kappa shape index (κ3) is 7.24. The molecular formula is C29H33ClFN3O7S. The molecule has 0 spiro atoms. The molecule has 3 rings (SSSR count). The summed E-state index contributed by atoms with van der Waals surface area (Å²) < 4.78 is 58.8. The molecular weight excluding hydrogens is 589 g/mol. The summed E-state index contributed by atoms with van der Waals surface area (Å²) in [5.41, 5.74) is 0.546. The number of halogens is 2. The molecule has 0 aliphatic carbocycles. The Labute approximate surface area is 250 Å². The maximum absolute atomic E-state index is 14.2. The topological polar surface area (TPSA) is 114 Å². The normalized spacial score (nSPS) is 11.8. The van der Waals surface area contributed by atoms with Crippen LogP contribution < -0.4 is 23.8 Å². The Balaban J connectivity index is 2.17. The van der Waals surface area contributed by atoms with Crippen molar-refractivity contribution in [3.05, 3.63) is 77.1 Å². The fourth-order valence-corrected chi connectivity index (χ4v) is 5.95. The van der Waals surface area contributed by atoms with Gasteiger partial charge in [0.2, 0.25) is 11.8 Å². The third-order valence-electron chi connectivity index (χ3n) is 6.53. The molecule has 3 aromatic carbocycles. The number of nitrogens with one attached hydrogen (secondary N) is 1. The predicted octanol–water partition coefficient (Wildman–Crippen LogP) is 4.25. The number of carbonyl (C=O) groups excluding carboxylic acids is 2. The number of benzene rings is 3. The Hall–Kier alpha value is -4.03. The average Bonchev–Trinajstić information content (AvgIpc) is 2.99. The molecule has 0 saturated heterocycles. The Kier molecular flexibility index (Phi) is 11.0. The second-order valence-corrected chi connectivity index (χ2v) is 11.3. The molecule has 0 aromatic heterocycles. The molecule has 2 amide bonds. The van der Waals surface area contributed by atoms with Crippen molar-refractivity contribution in [3.8, 4) is 17.2 Å².